The van der Waals surface area contributed by atoms with Gasteiger partial charge in [0.1, 0.15) is 6.17 Å². The molecule has 4 atom stereocenters. The van der Waals surface area contributed by atoms with E-state index < -0.39 is 5.54 Å². The van der Waals surface area contributed by atoms with Crippen LogP contribution < -0.4 is 5.32 Å². The quantitative estimate of drug-likeness (QED) is 0.904. The van der Waals surface area contributed by atoms with Crippen LogP contribution in [-0.2, 0) is 4.79 Å². The first-order valence-electron chi connectivity index (χ1n) is 7.22. The van der Waals surface area contributed by atoms with E-state index in [0.29, 0.717) is 12.0 Å². The van der Waals surface area contributed by atoms with Crippen molar-refractivity contribution >= 4 is 5.91 Å². The number of nitrogens with zero attached hydrogens (tertiary/aromatic N) is 1. The van der Waals surface area contributed by atoms with Gasteiger partial charge in [0.15, 0.2) is 0 Å². The molecule has 1 N–H and O–H groups in total. The van der Waals surface area contributed by atoms with Crippen molar-refractivity contribution in [2.75, 3.05) is 0 Å². The van der Waals surface area contributed by atoms with Crippen LogP contribution in [0.1, 0.15) is 45.3 Å². The van der Waals surface area contributed by atoms with Crippen molar-refractivity contribution in [3.05, 3.63) is 35.9 Å². The lowest BCUT2D eigenvalue weighted by atomic mass is 9.99. The lowest BCUT2D eigenvalue weighted by Gasteiger charge is -2.24. The topological polar surface area (TPSA) is 32.3 Å². The zero-order valence-corrected chi connectivity index (χ0v) is 11.9. The Morgan fingerprint density at radius 1 is 1.37 bits per heavy atom. The van der Waals surface area contributed by atoms with Gasteiger partial charge in [-0.2, -0.15) is 0 Å². The van der Waals surface area contributed by atoms with Gasteiger partial charge in [-0.25, -0.2) is 0 Å². The Bertz CT molecular complexity index is 487. The first-order valence-corrected chi connectivity index (χ1v) is 7.22. The molecular formula is C16H22N2O. The second-order valence-corrected chi connectivity index (χ2v) is 6.14. The molecule has 0 radical (unpaired) electrons. The van der Waals surface area contributed by atoms with E-state index in [2.05, 4.69) is 36.2 Å². The Hall–Kier alpha value is -1.35. The summed E-state index contributed by atoms with van der Waals surface area (Å²) in [6.45, 7) is 6.33. The van der Waals surface area contributed by atoms with Crippen molar-refractivity contribution in [2.24, 2.45) is 5.92 Å². The van der Waals surface area contributed by atoms with Gasteiger partial charge in [0, 0.05) is 6.04 Å². The Labute approximate surface area is 115 Å². The molecule has 19 heavy (non-hydrogen) atoms. The van der Waals surface area contributed by atoms with Crippen LogP contribution in [0.4, 0.5) is 0 Å². The van der Waals surface area contributed by atoms with Crippen molar-refractivity contribution in [1.29, 1.82) is 0 Å². The van der Waals surface area contributed by atoms with Crippen molar-refractivity contribution in [3.63, 3.8) is 0 Å². The summed E-state index contributed by atoms with van der Waals surface area (Å²) < 4.78 is 0. The number of nitrogens with one attached hydrogen (secondary N) is 1. The number of rotatable bonds is 3. The van der Waals surface area contributed by atoms with Gasteiger partial charge >= 0.3 is 0 Å². The van der Waals surface area contributed by atoms with Crippen LogP contribution in [0.3, 0.4) is 0 Å². The summed E-state index contributed by atoms with van der Waals surface area (Å²) in [5.74, 6) is 0.898. The zero-order chi connectivity index (χ0) is 13.6. The van der Waals surface area contributed by atoms with E-state index >= 15 is 0 Å². The molecule has 1 aromatic carbocycles. The first kappa shape index (κ1) is 12.7. The van der Waals surface area contributed by atoms with Gasteiger partial charge in [0.2, 0.25) is 5.91 Å². The molecule has 1 aliphatic heterocycles. The van der Waals surface area contributed by atoms with Crippen molar-refractivity contribution in [3.8, 4) is 0 Å². The van der Waals surface area contributed by atoms with Crippen LogP contribution in [0.2, 0.25) is 0 Å². The first-order chi connectivity index (χ1) is 9.07. The standard InChI is InChI=1S/C16H22N2O/c1-4-16(3)15(19)18(13-10-11(13)2)14(17-16)12-8-6-5-7-9-12/h5-9,11,13-14,17H,4,10H2,1-3H3. The zero-order valence-electron chi connectivity index (χ0n) is 11.9. The Kier molecular flexibility index (Phi) is 2.90. The predicted molar refractivity (Wildman–Crippen MR) is 75.4 cm³/mol. The van der Waals surface area contributed by atoms with Gasteiger partial charge in [-0.1, -0.05) is 44.2 Å². The Morgan fingerprint density at radius 3 is 2.53 bits per heavy atom. The fourth-order valence-electron chi connectivity index (χ4n) is 3.00. The Balaban J connectivity index is 1.95. The van der Waals surface area contributed by atoms with E-state index in [-0.39, 0.29) is 12.1 Å². The number of benzene rings is 1. The summed E-state index contributed by atoms with van der Waals surface area (Å²) in [6.07, 6.45) is 2.00. The molecule has 0 spiro atoms. The highest BCUT2D eigenvalue weighted by Crippen LogP contribution is 2.44. The number of carbonyl (C=O) groups excluding carboxylic acids is 1. The lowest BCUT2D eigenvalue weighted by molar-refractivity contribution is -0.133. The molecule has 1 saturated carbocycles. The molecule has 1 saturated heterocycles. The minimum atomic E-state index is -0.414. The van der Waals surface area contributed by atoms with Gasteiger partial charge < -0.3 is 4.90 Å². The molecule has 1 heterocycles. The number of amides is 1. The van der Waals surface area contributed by atoms with E-state index in [4.69, 9.17) is 0 Å². The third kappa shape index (κ3) is 1.96. The van der Waals surface area contributed by atoms with Gasteiger partial charge in [-0.15, -0.1) is 0 Å². The van der Waals surface area contributed by atoms with Gasteiger partial charge in [0.25, 0.3) is 0 Å². The molecule has 1 aliphatic carbocycles. The number of hydrogen-bond acceptors (Lipinski definition) is 2. The molecule has 3 rings (SSSR count). The molecule has 2 fully saturated rings. The summed E-state index contributed by atoms with van der Waals surface area (Å²) in [5.41, 5.74) is 0.773. The minimum absolute atomic E-state index is 0.0357. The van der Waals surface area contributed by atoms with E-state index in [0.717, 1.165) is 12.8 Å². The lowest BCUT2D eigenvalue weighted by Crippen LogP contribution is -2.43. The fraction of sp³-hybridized carbons (Fsp3) is 0.562. The molecule has 4 unspecified atom stereocenters. The molecule has 1 aromatic rings. The molecule has 102 valence electrons. The van der Waals surface area contributed by atoms with E-state index in [9.17, 15) is 4.79 Å². The maximum absolute atomic E-state index is 12.7. The average molecular weight is 258 g/mol. The SMILES string of the molecule is CCC1(C)NC(c2ccccc2)N(C2CC2C)C1=O. The monoisotopic (exact) mass is 258 g/mol. The minimum Gasteiger partial charge on any atom is -0.318 e. The predicted octanol–water partition coefficient (Wildman–Crippen LogP) is 2.69. The fourth-order valence-corrected chi connectivity index (χ4v) is 3.00. The van der Waals surface area contributed by atoms with Crippen molar-refractivity contribution < 1.29 is 4.79 Å². The van der Waals surface area contributed by atoms with E-state index in [1.54, 1.807) is 0 Å². The van der Waals surface area contributed by atoms with E-state index in [1.807, 2.05) is 25.1 Å². The summed E-state index contributed by atoms with van der Waals surface area (Å²) in [4.78, 5) is 14.8. The highest BCUT2D eigenvalue weighted by molar-refractivity contribution is 5.89. The second kappa shape index (κ2) is 4.34. The van der Waals surface area contributed by atoms with Crippen LogP contribution in [0.5, 0.6) is 0 Å². The van der Waals surface area contributed by atoms with Crippen LogP contribution in [-0.4, -0.2) is 22.4 Å². The third-order valence-electron chi connectivity index (χ3n) is 4.69. The highest BCUT2D eigenvalue weighted by atomic mass is 16.2. The normalized spacial score (nSPS) is 37.7. The maximum atomic E-state index is 12.7. The number of carbonyl (C=O) groups is 1. The van der Waals surface area contributed by atoms with Crippen molar-refractivity contribution in [2.45, 2.75) is 51.4 Å². The number of hydrogen-bond donors (Lipinski definition) is 1. The Morgan fingerprint density at radius 2 is 2.00 bits per heavy atom. The van der Waals surface area contributed by atoms with Crippen LogP contribution in [0, 0.1) is 5.92 Å². The summed E-state index contributed by atoms with van der Waals surface area (Å²) in [7, 11) is 0. The molecule has 3 nitrogen and oxygen atoms in total. The van der Waals surface area contributed by atoms with E-state index in [1.165, 1.54) is 5.56 Å². The molecule has 0 aromatic heterocycles. The summed E-state index contributed by atoms with van der Waals surface area (Å²) >= 11 is 0. The van der Waals surface area contributed by atoms with Crippen LogP contribution in [0.25, 0.3) is 0 Å². The maximum Gasteiger partial charge on any atom is 0.244 e. The molecule has 3 heteroatoms. The van der Waals surface area contributed by atoms with Crippen LogP contribution in [0.15, 0.2) is 30.3 Å². The average Bonchev–Trinajstić information content (AvgIpc) is 3.08. The summed E-state index contributed by atoms with van der Waals surface area (Å²) in [6, 6.07) is 10.7. The highest BCUT2D eigenvalue weighted by Gasteiger charge is 2.54. The third-order valence-corrected chi connectivity index (χ3v) is 4.69. The van der Waals surface area contributed by atoms with Crippen molar-refractivity contribution in [1.82, 2.24) is 10.2 Å². The smallest absolute Gasteiger partial charge is 0.244 e. The largest absolute Gasteiger partial charge is 0.318 e. The van der Waals surface area contributed by atoms with Crippen LogP contribution >= 0.6 is 0 Å². The molecular weight excluding hydrogens is 236 g/mol. The molecule has 2 aliphatic rings. The molecule has 1 amide bonds. The van der Waals surface area contributed by atoms with Gasteiger partial charge in [-0.05, 0) is 31.2 Å². The summed E-state index contributed by atoms with van der Waals surface area (Å²) in [5, 5.41) is 3.55. The van der Waals surface area contributed by atoms with Gasteiger partial charge in [0.05, 0.1) is 5.54 Å². The van der Waals surface area contributed by atoms with Gasteiger partial charge in [-0.3, -0.25) is 10.1 Å². The molecule has 0 bridgehead atoms. The second-order valence-electron chi connectivity index (χ2n) is 6.14.